The monoisotopic (exact) mass is 408 g/mol. The molecule has 0 aliphatic carbocycles. The van der Waals surface area contributed by atoms with Crippen molar-refractivity contribution in [1.82, 2.24) is 14.9 Å². The molecule has 1 atom stereocenters. The number of anilines is 3. The van der Waals surface area contributed by atoms with Crippen LogP contribution < -0.4 is 16.4 Å². The van der Waals surface area contributed by atoms with Gasteiger partial charge in [0.05, 0.1) is 6.20 Å². The Morgan fingerprint density at radius 2 is 2.03 bits per heavy atom. The van der Waals surface area contributed by atoms with Gasteiger partial charge in [-0.3, -0.25) is 9.59 Å². The van der Waals surface area contributed by atoms with Gasteiger partial charge in [-0.2, -0.15) is 0 Å². The average molecular weight is 409 g/mol. The molecule has 1 aromatic heterocycles. The van der Waals surface area contributed by atoms with Gasteiger partial charge in [0.15, 0.2) is 11.5 Å². The molecule has 2 amide bonds. The summed E-state index contributed by atoms with van der Waals surface area (Å²) in [5.41, 5.74) is 7.55. The third kappa shape index (κ3) is 5.14. The second-order valence-corrected chi connectivity index (χ2v) is 7.69. The van der Waals surface area contributed by atoms with Crippen LogP contribution in [0.5, 0.6) is 0 Å². The molecule has 4 N–H and O–H groups in total. The molecule has 0 saturated carbocycles. The van der Waals surface area contributed by atoms with Gasteiger partial charge in [0.25, 0.3) is 5.91 Å². The number of nitrogens with zero attached hydrogens (tertiary/aromatic N) is 3. The third-order valence-corrected chi connectivity index (χ3v) is 5.11. The normalized spacial score (nSPS) is 16.2. The molecule has 0 radical (unpaired) electrons. The first-order valence-electron chi connectivity index (χ1n) is 10.1. The zero-order chi connectivity index (χ0) is 21.7. The van der Waals surface area contributed by atoms with E-state index in [9.17, 15) is 9.59 Å². The molecule has 1 saturated heterocycles. The van der Waals surface area contributed by atoms with Crippen molar-refractivity contribution in [3.63, 3.8) is 0 Å². The fraction of sp³-hybridized carbons (Fsp3) is 0.364. The minimum absolute atomic E-state index is 0.0366. The van der Waals surface area contributed by atoms with Crippen molar-refractivity contribution in [2.24, 2.45) is 5.73 Å². The van der Waals surface area contributed by atoms with Gasteiger partial charge in [0.2, 0.25) is 5.91 Å². The van der Waals surface area contributed by atoms with Crippen molar-refractivity contribution < 1.29 is 9.59 Å². The molecule has 158 valence electrons. The fourth-order valence-electron chi connectivity index (χ4n) is 3.45. The van der Waals surface area contributed by atoms with E-state index < -0.39 is 5.91 Å². The third-order valence-electron chi connectivity index (χ3n) is 5.11. The Morgan fingerprint density at radius 3 is 2.67 bits per heavy atom. The molecule has 3 rings (SSSR count). The summed E-state index contributed by atoms with van der Waals surface area (Å²) in [6, 6.07) is 7.96. The zero-order valence-electron chi connectivity index (χ0n) is 17.4. The number of nitrogens with one attached hydrogen (secondary N) is 2. The Labute approximate surface area is 176 Å². The number of aromatic nitrogens is 2. The minimum Gasteiger partial charge on any atom is -0.364 e. The van der Waals surface area contributed by atoms with Crippen LogP contribution in [-0.4, -0.2) is 45.8 Å². The summed E-state index contributed by atoms with van der Waals surface area (Å²) < 4.78 is 0. The molecule has 0 spiro atoms. The lowest BCUT2D eigenvalue weighted by molar-refractivity contribution is -0.127. The molecule has 0 bridgehead atoms. The number of likely N-dealkylation sites (tertiary alicyclic amines) is 1. The number of carbonyl (C=O) groups is 2. The molecular weight excluding hydrogens is 380 g/mol. The smallest absolute Gasteiger partial charge is 0.271 e. The molecule has 2 heterocycles. The van der Waals surface area contributed by atoms with Crippen LogP contribution in [0.15, 0.2) is 43.1 Å². The highest BCUT2D eigenvalue weighted by Gasteiger charge is 2.23. The Kier molecular flexibility index (Phi) is 6.66. The molecule has 0 unspecified atom stereocenters. The SMILES string of the molecule is C=CC(=O)N1CCC[C@H](Nc2cnc(C(N)=O)c(Nc3ccc(C(C)C)cc3)n2)C1. The highest BCUT2D eigenvalue weighted by Crippen LogP contribution is 2.23. The zero-order valence-corrected chi connectivity index (χ0v) is 17.4. The first-order valence-corrected chi connectivity index (χ1v) is 10.1. The number of nitrogens with two attached hydrogens (primary N) is 1. The standard InChI is InChI=1S/C22H28N6O2/c1-4-19(29)28-11-5-6-17(13-28)25-18-12-24-20(21(23)30)22(27-18)26-16-9-7-15(8-10-16)14(2)3/h4,7-10,12,14,17H,1,5-6,11,13H2,2-3H3,(H2,23,30)(H2,25,26,27)/t17-/m0/s1. The van der Waals surface area contributed by atoms with Crippen molar-refractivity contribution >= 4 is 29.1 Å². The van der Waals surface area contributed by atoms with Gasteiger partial charge in [0, 0.05) is 24.8 Å². The van der Waals surface area contributed by atoms with Gasteiger partial charge in [-0.1, -0.05) is 32.6 Å². The van der Waals surface area contributed by atoms with E-state index in [1.165, 1.54) is 17.8 Å². The highest BCUT2D eigenvalue weighted by molar-refractivity contribution is 5.96. The average Bonchev–Trinajstić information content (AvgIpc) is 2.73. The van der Waals surface area contributed by atoms with Crippen LogP contribution in [0.4, 0.5) is 17.3 Å². The van der Waals surface area contributed by atoms with E-state index in [-0.39, 0.29) is 17.6 Å². The van der Waals surface area contributed by atoms with Crippen molar-refractivity contribution in [3.8, 4) is 0 Å². The second-order valence-electron chi connectivity index (χ2n) is 7.69. The molecule has 1 aliphatic rings. The minimum atomic E-state index is -0.657. The van der Waals surface area contributed by atoms with Crippen molar-refractivity contribution in [2.45, 2.75) is 38.6 Å². The van der Waals surface area contributed by atoms with Crippen LogP contribution in [-0.2, 0) is 4.79 Å². The summed E-state index contributed by atoms with van der Waals surface area (Å²) in [4.78, 5) is 34.2. The van der Waals surface area contributed by atoms with Gasteiger partial charge >= 0.3 is 0 Å². The van der Waals surface area contributed by atoms with Crippen LogP contribution >= 0.6 is 0 Å². The molecule has 1 aliphatic heterocycles. The Hall–Kier alpha value is -3.42. The van der Waals surface area contributed by atoms with Crippen molar-refractivity contribution in [3.05, 3.63) is 54.4 Å². The van der Waals surface area contributed by atoms with Gasteiger partial charge in [0.1, 0.15) is 5.82 Å². The van der Waals surface area contributed by atoms with Crippen molar-refractivity contribution in [1.29, 1.82) is 0 Å². The number of carbonyl (C=O) groups excluding carboxylic acids is 2. The highest BCUT2D eigenvalue weighted by atomic mass is 16.2. The molecule has 30 heavy (non-hydrogen) atoms. The Balaban J connectivity index is 1.78. The number of piperidine rings is 1. The Morgan fingerprint density at radius 1 is 1.30 bits per heavy atom. The lowest BCUT2D eigenvalue weighted by Crippen LogP contribution is -2.44. The molecule has 1 fully saturated rings. The predicted octanol–water partition coefficient (Wildman–Crippen LogP) is 3.03. The van der Waals surface area contributed by atoms with E-state index in [0.717, 1.165) is 18.5 Å². The summed E-state index contributed by atoms with van der Waals surface area (Å²) >= 11 is 0. The van der Waals surface area contributed by atoms with Crippen LogP contribution in [0.25, 0.3) is 0 Å². The predicted molar refractivity (Wildman–Crippen MR) is 118 cm³/mol. The van der Waals surface area contributed by atoms with E-state index in [4.69, 9.17) is 5.73 Å². The lowest BCUT2D eigenvalue weighted by Gasteiger charge is -2.32. The first-order chi connectivity index (χ1) is 14.4. The second kappa shape index (κ2) is 9.39. The van der Waals surface area contributed by atoms with E-state index in [1.807, 2.05) is 24.3 Å². The summed E-state index contributed by atoms with van der Waals surface area (Å²) in [6.07, 6.45) is 4.61. The number of amides is 2. The quantitative estimate of drug-likeness (QED) is 0.607. The van der Waals surface area contributed by atoms with Gasteiger partial charge in [-0.15, -0.1) is 0 Å². The molecule has 2 aromatic rings. The number of hydrogen-bond acceptors (Lipinski definition) is 6. The number of benzene rings is 1. The van der Waals surface area contributed by atoms with E-state index >= 15 is 0 Å². The van der Waals surface area contributed by atoms with Gasteiger partial charge in [-0.25, -0.2) is 9.97 Å². The molecule has 1 aromatic carbocycles. The van der Waals surface area contributed by atoms with E-state index in [2.05, 4.69) is 41.0 Å². The van der Waals surface area contributed by atoms with E-state index in [1.54, 1.807) is 4.90 Å². The van der Waals surface area contributed by atoms with Crippen molar-refractivity contribution in [2.75, 3.05) is 23.7 Å². The van der Waals surface area contributed by atoms with Gasteiger partial charge < -0.3 is 21.3 Å². The van der Waals surface area contributed by atoms with Crippen LogP contribution in [0.3, 0.4) is 0 Å². The maximum atomic E-state index is 11.9. The number of rotatable bonds is 7. The summed E-state index contributed by atoms with van der Waals surface area (Å²) in [6.45, 7) is 9.08. The number of primary amides is 1. The summed E-state index contributed by atoms with van der Waals surface area (Å²) in [5, 5.41) is 6.45. The van der Waals surface area contributed by atoms with Gasteiger partial charge in [-0.05, 0) is 42.5 Å². The first kappa shape index (κ1) is 21.3. The Bertz CT molecular complexity index is 926. The largest absolute Gasteiger partial charge is 0.364 e. The molecule has 8 nitrogen and oxygen atoms in total. The maximum Gasteiger partial charge on any atom is 0.271 e. The van der Waals surface area contributed by atoms with Crippen LogP contribution in [0.2, 0.25) is 0 Å². The van der Waals surface area contributed by atoms with Crippen LogP contribution in [0, 0.1) is 0 Å². The topological polar surface area (TPSA) is 113 Å². The number of hydrogen-bond donors (Lipinski definition) is 3. The lowest BCUT2D eigenvalue weighted by atomic mass is 10.0. The maximum absolute atomic E-state index is 11.9. The summed E-state index contributed by atoms with van der Waals surface area (Å²) in [5.74, 6) is 0.494. The molecular formula is C22H28N6O2. The fourth-order valence-corrected chi connectivity index (χ4v) is 3.45. The van der Waals surface area contributed by atoms with Crippen LogP contribution in [0.1, 0.15) is 48.7 Å². The summed E-state index contributed by atoms with van der Waals surface area (Å²) in [7, 11) is 0. The molecule has 8 heteroatoms. The van der Waals surface area contributed by atoms with E-state index in [0.29, 0.717) is 30.6 Å².